The third-order valence-electron chi connectivity index (χ3n) is 5.40. The fourth-order valence-electron chi connectivity index (χ4n) is 3.95. The van der Waals surface area contributed by atoms with Gasteiger partial charge >= 0.3 is 5.97 Å². The van der Waals surface area contributed by atoms with Crippen molar-refractivity contribution in [3.63, 3.8) is 0 Å². The lowest BCUT2D eigenvalue weighted by molar-refractivity contribution is 0.0702. The smallest absolute Gasteiger partial charge is 0.345 e. The number of rotatable bonds is 7. The second-order valence-electron chi connectivity index (χ2n) is 7.56. The first kappa shape index (κ1) is 21.6. The van der Waals surface area contributed by atoms with Gasteiger partial charge in [0.25, 0.3) is 0 Å². The molecule has 0 bridgehead atoms. The van der Waals surface area contributed by atoms with Crippen LogP contribution in [-0.2, 0) is 6.42 Å². The summed E-state index contributed by atoms with van der Waals surface area (Å²) in [5.41, 5.74) is 10.7. The van der Waals surface area contributed by atoms with Crippen molar-refractivity contribution < 1.29 is 24.9 Å². The first-order chi connectivity index (χ1) is 15.3. The molecule has 2 heterocycles. The number of thiophene rings is 1. The second kappa shape index (κ2) is 8.49. The maximum absolute atomic E-state index is 11.9. The number of primary amides is 1. The zero-order chi connectivity index (χ0) is 23.0. The number of benzene rings is 2. The Kier molecular flexibility index (Phi) is 5.73. The maximum Gasteiger partial charge on any atom is 0.345 e. The number of phenols is 1. The number of aromatic nitrogens is 1. The number of carboxylic acid groups (broad SMARTS) is 1. The van der Waals surface area contributed by atoms with Crippen LogP contribution in [-0.4, -0.2) is 38.4 Å². The van der Waals surface area contributed by atoms with E-state index in [-0.39, 0.29) is 17.2 Å². The van der Waals surface area contributed by atoms with E-state index < -0.39 is 11.9 Å². The lowest BCUT2D eigenvalue weighted by atomic mass is 10.0. The summed E-state index contributed by atoms with van der Waals surface area (Å²) in [6, 6.07) is 14.0. The molecule has 0 unspecified atom stereocenters. The molecule has 0 aliphatic carbocycles. The molecule has 164 valence electrons. The highest BCUT2D eigenvalue weighted by Gasteiger charge is 2.20. The van der Waals surface area contributed by atoms with E-state index in [0.29, 0.717) is 24.0 Å². The van der Waals surface area contributed by atoms with Crippen LogP contribution in [0.4, 0.5) is 0 Å². The number of carbonyl (C=O) groups excluding carboxylic acids is 1. The minimum atomic E-state index is -0.993. The molecule has 5 N–H and O–H groups in total. The van der Waals surface area contributed by atoms with Crippen LogP contribution in [0.15, 0.2) is 48.5 Å². The number of nitrogens with zero attached hydrogens (tertiary/aromatic N) is 1. The zero-order valence-corrected chi connectivity index (χ0v) is 18.1. The van der Waals surface area contributed by atoms with Gasteiger partial charge in [-0.2, -0.15) is 0 Å². The monoisotopic (exact) mass is 450 g/mol. The highest BCUT2D eigenvalue weighted by molar-refractivity contribution is 7.20. The summed E-state index contributed by atoms with van der Waals surface area (Å²) in [6.45, 7) is 1.88. The van der Waals surface area contributed by atoms with Gasteiger partial charge in [0.15, 0.2) is 0 Å². The number of hydrogen-bond donors (Lipinski definition) is 4. The minimum absolute atomic E-state index is 0.0132. The highest BCUT2D eigenvalue weighted by atomic mass is 32.1. The van der Waals surface area contributed by atoms with E-state index in [1.54, 1.807) is 30.3 Å². The molecular weight excluding hydrogens is 428 g/mol. The van der Waals surface area contributed by atoms with Crippen molar-refractivity contribution in [2.75, 3.05) is 6.61 Å². The topological polar surface area (TPSA) is 126 Å². The van der Waals surface area contributed by atoms with Crippen LogP contribution < -0.4 is 5.73 Å². The Morgan fingerprint density at radius 1 is 1.09 bits per heavy atom. The van der Waals surface area contributed by atoms with Crippen molar-refractivity contribution >= 4 is 33.4 Å². The van der Waals surface area contributed by atoms with Crippen LogP contribution in [0, 0.1) is 6.92 Å². The van der Waals surface area contributed by atoms with E-state index in [9.17, 15) is 24.9 Å². The van der Waals surface area contributed by atoms with Crippen molar-refractivity contribution in [3.8, 4) is 22.7 Å². The summed E-state index contributed by atoms with van der Waals surface area (Å²) in [5, 5.41) is 28.6. The molecule has 2 aromatic carbocycles. The van der Waals surface area contributed by atoms with Gasteiger partial charge in [-0.3, -0.25) is 4.79 Å². The van der Waals surface area contributed by atoms with Crippen LogP contribution in [0.3, 0.4) is 0 Å². The molecule has 4 aromatic rings. The fourth-order valence-corrected chi connectivity index (χ4v) is 4.87. The fraction of sp³-hybridized carbons (Fsp3) is 0.167. The number of hydrogen-bond acceptors (Lipinski definition) is 5. The van der Waals surface area contributed by atoms with E-state index in [2.05, 4.69) is 0 Å². The van der Waals surface area contributed by atoms with E-state index in [4.69, 9.17) is 5.73 Å². The summed E-state index contributed by atoms with van der Waals surface area (Å²) in [4.78, 5) is 23.7. The third-order valence-corrected chi connectivity index (χ3v) is 6.46. The summed E-state index contributed by atoms with van der Waals surface area (Å²) in [6.07, 6.45) is 0.959. The number of carbonyl (C=O) groups is 2. The average molecular weight is 451 g/mol. The molecule has 32 heavy (non-hydrogen) atoms. The molecule has 0 aliphatic rings. The maximum atomic E-state index is 11.9. The molecule has 0 aliphatic heterocycles. The third kappa shape index (κ3) is 3.86. The molecule has 0 radical (unpaired) electrons. The summed E-state index contributed by atoms with van der Waals surface area (Å²) in [7, 11) is 0. The molecule has 0 saturated heterocycles. The lowest BCUT2D eigenvalue weighted by Crippen LogP contribution is -2.14. The Hall–Kier alpha value is -3.62. The number of aryl methyl sites for hydroxylation is 2. The molecule has 2 aromatic heterocycles. The lowest BCUT2D eigenvalue weighted by Gasteiger charge is -2.15. The Bertz CT molecular complexity index is 1350. The summed E-state index contributed by atoms with van der Waals surface area (Å²) < 4.78 is 2.76. The molecular formula is C24H22N2O5S. The van der Waals surface area contributed by atoms with Gasteiger partial charge in [0, 0.05) is 23.4 Å². The van der Waals surface area contributed by atoms with Gasteiger partial charge in [-0.25, -0.2) is 4.79 Å². The Balaban J connectivity index is 1.99. The van der Waals surface area contributed by atoms with Crippen LogP contribution in [0.5, 0.6) is 5.75 Å². The second-order valence-corrected chi connectivity index (χ2v) is 8.65. The number of carboxylic acids is 1. The summed E-state index contributed by atoms with van der Waals surface area (Å²) in [5.74, 6) is -1.37. The van der Waals surface area contributed by atoms with Gasteiger partial charge in [0.1, 0.15) is 10.6 Å². The quantitative estimate of drug-likeness (QED) is 0.337. The van der Waals surface area contributed by atoms with Crippen LogP contribution in [0.25, 0.3) is 27.2 Å². The zero-order valence-electron chi connectivity index (χ0n) is 17.3. The van der Waals surface area contributed by atoms with E-state index in [0.717, 1.165) is 32.7 Å². The van der Waals surface area contributed by atoms with Crippen molar-refractivity contribution in [3.05, 3.63) is 70.1 Å². The van der Waals surface area contributed by atoms with Crippen LogP contribution in [0.2, 0.25) is 0 Å². The van der Waals surface area contributed by atoms with Gasteiger partial charge in [-0.05, 0) is 79.4 Å². The largest absolute Gasteiger partial charge is 0.508 e. The van der Waals surface area contributed by atoms with Crippen molar-refractivity contribution in [1.82, 2.24) is 4.57 Å². The van der Waals surface area contributed by atoms with Gasteiger partial charge in [0.05, 0.1) is 15.9 Å². The number of nitrogens with two attached hydrogens (primary N) is 1. The molecule has 1 amide bonds. The summed E-state index contributed by atoms with van der Waals surface area (Å²) >= 11 is 1.19. The Morgan fingerprint density at radius 3 is 2.53 bits per heavy atom. The molecule has 0 spiro atoms. The Labute approximate surface area is 188 Å². The number of fused-ring (bicyclic) bond motifs is 1. The molecule has 0 fully saturated rings. The van der Waals surface area contributed by atoms with Gasteiger partial charge < -0.3 is 25.6 Å². The first-order valence-corrected chi connectivity index (χ1v) is 10.8. The van der Waals surface area contributed by atoms with Gasteiger partial charge in [0.2, 0.25) is 5.91 Å². The van der Waals surface area contributed by atoms with Crippen molar-refractivity contribution in [2.45, 2.75) is 19.8 Å². The van der Waals surface area contributed by atoms with Gasteiger partial charge in [-0.1, -0.05) is 0 Å². The molecule has 0 saturated carbocycles. The minimum Gasteiger partial charge on any atom is -0.508 e. The van der Waals surface area contributed by atoms with E-state index in [1.807, 2.05) is 29.7 Å². The molecule has 8 heteroatoms. The molecule has 7 nitrogen and oxygen atoms in total. The van der Waals surface area contributed by atoms with Crippen molar-refractivity contribution in [1.29, 1.82) is 0 Å². The van der Waals surface area contributed by atoms with E-state index >= 15 is 0 Å². The van der Waals surface area contributed by atoms with Gasteiger partial charge in [-0.15, -0.1) is 11.3 Å². The Morgan fingerprint density at radius 2 is 1.88 bits per heavy atom. The SMILES string of the molecule is Cc1cc(O)ccc1-c1cc2sc(C(=O)O)cc2n1-c1ccc(C(N)=O)c(CCCO)c1. The molecule has 4 rings (SSSR count). The van der Waals surface area contributed by atoms with E-state index in [1.165, 1.54) is 11.3 Å². The number of aromatic carboxylic acids is 1. The normalized spacial score (nSPS) is 11.2. The van der Waals surface area contributed by atoms with Crippen molar-refractivity contribution in [2.24, 2.45) is 5.73 Å². The number of phenolic OH excluding ortho intramolecular Hbond substituents is 1. The first-order valence-electron chi connectivity index (χ1n) is 10.0. The number of amides is 1. The van der Waals surface area contributed by atoms with Crippen LogP contribution in [0.1, 0.15) is 37.6 Å². The number of aliphatic hydroxyl groups is 1. The predicted octanol–water partition coefficient (Wildman–Crippen LogP) is 4.10. The molecule has 0 atom stereocenters. The number of aliphatic hydroxyl groups excluding tert-OH is 1. The number of aromatic hydroxyl groups is 1. The standard InChI is InChI=1S/C24H22N2O5S/c1-13-9-16(28)5-7-17(13)19-11-21-20(12-22(32-21)24(30)31)26(19)15-4-6-18(23(25)29)14(10-15)3-2-8-27/h4-7,9-12,27-28H,2-3,8H2,1H3,(H2,25,29)(H,30,31). The highest BCUT2D eigenvalue weighted by Crippen LogP contribution is 2.38. The van der Waals surface area contributed by atoms with Crippen LogP contribution >= 0.6 is 11.3 Å². The predicted molar refractivity (Wildman–Crippen MR) is 124 cm³/mol. The average Bonchev–Trinajstić information content (AvgIpc) is 3.30.